The van der Waals surface area contributed by atoms with Crippen molar-refractivity contribution in [2.75, 3.05) is 6.54 Å². The summed E-state index contributed by atoms with van der Waals surface area (Å²) >= 11 is 1.20. The number of hydrogen-bond donors (Lipinski definition) is 1. The molecule has 4 rings (SSSR count). The highest BCUT2D eigenvalue weighted by molar-refractivity contribution is 7.16. The molecular formula is C30H37F3N4O4S. The van der Waals surface area contributed by atoms with Gasteiger partial charge in [-0.15, -0.1) is 0 Å². The molecule has 42 heavy (non-hydrogen) atoms. The Bertz CT molecular complexity index is 1490. The van der Waals surface area contributed by atoms with Gasteiger partial charge in [-0.25, -0.2) is 0 Å². The molecule has 228 valence electrons. The van der Waals surface area contributed by atoms with Crippen LogP contribution in [0.2, 0.25) is 0 Å². The van der Waals surface area contributed by atoms with E-state index in [9.17, 15) is 22.8 Å². The molecule has 0 unspecified atom stereocenters. The van der Waals surface area contributed by atoms with Crippen LogP contribution in [0.4, 0.5) is 13.2 Å². The van der Waals surface area contributed by atoms with E-state index in [1.165, 1.54) is 25.2 Å². The number of benzene rings is 1. The van der Waals surface area contributed by atoms with Crippen LogP contribution in [0.1, 0.15) is 88.1 Å². The number of nitrogens with zero attached hydrogens (tertiary/aromatic N) is 3. The molecule has 0 spiro atoms. The molecule has 1 aliphatic carbocycles. The van der Waals surface area contributed by atoms with Gasteiger partial charge in [-0.1, -0.05) is 43.9 Å². The second-order valence-electron chi connectivity index (χ2n) is 11.3. The number of thiazole rings is 1. The summed E-state index contributed by atoms with van der Waals surface area (Å²) in [5, 5.41) is 0. The Hall–Kier alpha value is -3.25. The van der Waals surface area contributed by atoms with Crippen molar-refractivity contribution >= 4 is 33.4 Å². The van der Waals surface area contributed by atoms with Crippen molar-refractivity contribution in [3.63, 3.8) is 0 Å². The monoisotopic (exact) mass is 606 g/mol. The van der Waals surface area contributed by atoms with Gasteiger partial charge in [0, 0.05) is 26.6 Å². The van der Waals surface area contributed by atoms with E-state index in [0.29, 0.717) is 13.1 Å². The molecule has 2 heterocycles. The zero-order chi connectivity index (χ0) is 30.5. The predicted octanol–water partition coefficient (Wildman–Crippen LogP) is 6.62. The van der Waals surface area contributed by atoms with Crippen molar-refractivity contribution < 1.29 is 32.2 Å². The highest BCUT2D eigenvalue weighted by Gasteiger charge is 2.38. The van der Waals surface area contributed by atoms with Crippen molar-refractivity contribution in [1.82, 2.24) is 9.55 Å². The first-order valence-corrected chi connectivity index (χ1v) is 15.0. The third kappa shape index (κ3) is 7.57. The van der Waals surface area contributed by atoms with E-state index in [1.54, 1.807) is 23.0 Å². The van der Waals surface area contributed by atoms with E-state index in [-0.39, 0.29) is 22.4 Å². The Kier molecular flexibility index (Phi) is 9.77. The minimum absolute atomic E-state index is 0.0649. The van der Waals surface area contributed by atoms with E-state index in [4.69, 9.17) is 15.2 Å². The molecule has 2 N–H and O–H groups in total. The quantitative estimate of drug-likeness (QED) is 0.205. The number of pyridine rings is 1. The molecule has 1 aliphatic rings. The average Bonchev–Trinajstić information content (AvgIpc) is 3.27. The van der Waals surface area contributed by atoms with Gasteiger partial charge in [0.25, 0.3) is 5.91 Å². The number of rotatable bonds is 10. The van der Waals surface area contributed by atoms with Gasteiger partial charge < -0.3 is 19.8 Å². The van der Waals surface area contributed by atoms with Crippen LogP contribution in [-0.2, 0) is 22.3 Å². The zero-order valence-electron chi connectivity index (χ0n) is 24.1. The molecule has 0 bridgehead atoms. The van der Waals surface area contributed by atoms with Crippen LogP contribution in [0.5, 0.6) is 5.75 Å². The first-order chi connectivity index (χ1) is 19.9. The summed E-state index contributed by atoms with van der Waals surface area (Å²) in [4.78, 5) is 34.7. The molecule has 0 saturated heterocycles. The van der Waals surface area contributed by atoms with E-state index >= 15 is 0 Å². The second kappa shape index (κ2) is 12.9. The molecule has 1 amide bonds. The standard InChI is InChI=1S/C30H37F3N4O4S/c1-4-5-15-37-23-18-35-14-11-24(23)42-27(37)36-26(39)21-16-20(9-10-22(21)30(31,32)33)40-28(2,3)41-25(38)17-29(19-34)12-7-6-8-13-29/h9-11,14,16,18H,4-8,12-13,15,17,19,34H2,1-3H3. The van der Waals surface area contributed by atoms with Crippen molar-refractivity contribution in [2.24, 2.45) is 16.1 Å². The lowest BCUT2D eigenvalue weighted by atomic mass is 9.72. The number of hydrogen-bond acceptors (Lipinski definition) is 7. The Morgan fingerprint density at radius 2 is 1.90 bits per heavy atom. The number of alkyl halides is 3. The average molecular weight is 607 g/mol. The topological polar surface area (TPSA) is 109 Å². The van der Waals surface area contributed by atoms with Gasteiger partial charge in [0.1, 0.15) is 5.75 Å². The predicted molar refractivity (Wildman–Crippen MR) is 154 cm³/mol. The first-order valence-electron chi connectivity index (χ1n) is 14.2. The fourth-order valence-corrected chi connectivity index (χ4v) is 6.39. The van der Waals surface area contributed by atoms with Crippen LogP contribution < -0.4 is 15.3 Å². The molecule has 3 aromatic rings. The molecule has 1 aromatic carbocycles. The first kappa shape index (κ1) is 31.7. The summed E-state index contributed by atoms with van der Waals surface area (Å²) in [5.41, 5.74) is 4.64. The van der Waals surface area contributed by atoms with Crippen LogP contribution in [0.25, 0.3) is 10.2 Å². The minimum Gasteiger partial charge on any atom is -0.453 e. The molecule has 8 nitrogen and oxygen atoms in total. The zero-order valence-corrected chi connectivity index (χ0v) is 24.9. The Morgan fingerprint density at radius 3 is 2.57 bits per heavy atom. The van der Waals surface area contributed by atoms with Crippen molar-refractivity contribution in [1.29, 1.82) is 0 Å². The number of fused-ring (bicyclic) bond motifs is 1. The number of carbonyl (C=O) groups excluding carboxylic acids is 2. The Labute approximate surface area is 246 Å². The van der Waals surface area contributed by atoms with Crippen molar-refractivity contribution in [3.05, 3.63) is 52.6 Å². The largest absolute Gasteiger partial charge is 0.453 e. The summed E-state index contributed by atoms with van der Waals surface area (Å²) in [5.74, 6) is -3.14. The summed E-state index contributed by atoms with van der Waals surface area (Å²) in [6.07, 6.45) is 5.02. The molecule has 0 radical (unpaired) electrons. The van der Waals surface area contributed by atoms with Crippen LogP contribution in [-0.4, -0.2) is 33.8 Å². The fraction of sp³-hybridized carbons (Fsp3) is 0.533. The number of ether oxygens (including phenoxy) is 2. The summed E-state index contributed by atoms with van der Waals surface area (Å²) in [6.45, 7) is 5.90. The van der Waals surface area contributed by atoms with Crippen LogP contribution in [0.15, 0.2) is 41.7 Å². The number of aromatic nitrogens is 2. The smallest absolute Gasteiger partial charge is 0.417 e. The van der Waals surface area contributed by atoms with Gasteiger partial charge in [-0.05, 0) is 55.5 Å². The number of carbonyl (C=O) groups is 2. The van der Waals surface area contributed by atoms with Gasteiger partial charge >= 0.3 is 12.1 Å². The fourth-order valence-electron chi connectivity index (χ4n) is 5.37. The summed E-state index contributed by atoms with van der Waals surface area (Å²) < 4.78 is 55.9. The normalized spacial score (nSPS) is 16.0. The third-order valence-corrected chi connectivity index (χ3v) is 8.59. The lowest BCUT2D eigenvalue weighted by Crippen LogP contribution is -2.40. The number of esters is 1. The van der Waals surface area contributed by atoms with Gasteiger partial charge in [-0.2, -0.15) is 18.2 Å². The highest BCUT2D eigenvalue weighted by atomic mass is 32.1. The van der Waals surface area contributed by atoms with Crippen molar-refractivity contribution in [3.8, 4) is 5.75 Å². The molecule has 0 aliphatic heterocycles. The molecule has 2 aromatic heterocycles. The lowest BCUT2D eigenvalue weighted by molar-refractivity contribution is -0.189. The maximum atomic E-state index is 14.0. The highest BCUT2D eigenvalue weighted by Crippen LogP contribution is 2.39. The number of halogens is 3. The third-order valence-electron chi connectivity index (χ3n) is 7.53. The van der Waals surface area contributed by atoms with E-state index in [2.05, 4.69) is 9.98 Å². The van der Waals surface area contributed by atoms with Gasteiger partial charge in [-0.3, -0.25) is 14.6 Å². The Balaban J connectivity index is 1.62. The van der Waals surface area contributed by atoms with E-state index in [0.717, 1.165) is 73.4 Å². The lowest BCUT2D eigenvalue weighted by Gasteiger charge is -2.36. The number of unbranched alkanes of at least 4 members (excludes halogenated alkanes) is 1. The van der Waals surface area contributed by atoms with E-state index in [1.807, 2.05) is 6.92 Å². The molecule has 1 fully saturated rings. The van der Waals surface area contributed by atoms with E-state index < -0.39 is 35.0 Å². The molecule has 12 heteroatoms. The minimum atomic E-state index is -4.81. The summed E-state index contributed by atoms with van der Waals surface area (Å²) in [6, 6.07) is 4.65. The Morgan fingerprint density at radius 1 is 1.17 bits per heavy atom. The molecule has 1 saturated carbocycles. The summed E-state index contributed by atoms with van der Waals surface area (Å²) in [7, 11) is 0. The molecule has 0 atom stereocenters. The SMILES string of the molecule is CCCCn1c(=NC(=O)c2cc(OC(C)(C)OC(=O)CC3(CN)CCCCC3)ccc2C(F)(F)F)sc2ccncc21. The second-order valence-corrected chi connectivity index (χ2v) is 12.3. The van der Waals surface area contributed by atoms with Crippen LogP contribution in [0, 0.1) is 5.41 Å². The van der Waals surface area contributed by atoms with Crippen molar-refractivity contribution in [2.45, 2.75) is 90.6 Å². The molecular weight excluding hydrogens is 569 g/mol. The number of nitrogens with two attached hydrogens (primary N) is 1. The maximum absolute atomic E-state index is 14.0. The number of aryl methyl sites for hydroxylation is 1. The van der Waals surface area contributed by atoms with Crippen LogP contribution in [0.3, 0.4) is 0 Å². The van der Waals surface area contributed by atoms with Gasteiger partial charge in [0.15, 0.2) is 4.80 Å². The van der Waals surface area contributed by atoms with Gasteiger partial charge in [0.2, 0.25) is 5.79 Å². The number of amides is 1. The van der Waals surface area contributed by atoms with Gasteiger partial charge in [0.05, 0.1) is 34.0 Å². The van der Waals surface area contributed by atoms with Crippen LogP contribution >= 0.6 is 11.3 Å². The maximum Gasteiger partial charge on any atom is 0.417 e.